The van der Waals surface area contributed by atoms with Crippen LogP contribution in [0.4, 0.5) is 0 Å². The summed E-state index contributed by atoms with van der Waals surface area (Å²) < 4.78 is 0.982. The molecule has 0 bridgehead atoms. The van der Waals surface area contributed by atoms with E-state index in [2.05, 4.69) is 15.9 Å². The van der Waals surface area contributed by atoms with Crippen molar-refractivity contribution in [2.45, 2.75) is 17.4 Å². The van der Waals surface area contributed by atoms with Crippen molar-refractivity contribution in [1.82, 2.24) is 0 Å². The van der Waals surface area contributed by atoms with Crippen molar-refractivity contribution in [2.24, 2.45) is 5.73 Å². The van der Waals surface area contributed by atoms with E-state index < -0.39 is 0 Å². The molecule has 2 N–H and O–H groups in total. The number of hydrogen-bond acceptors (Lipinski definition) is 2. The van der Waals surface area contributed by atoms with E-state index in [0.29, 0.717) is 0 Å². The van der Waals surface area contributed by atoms with Crippen LogP contribution in [-0.4, -0.2) is 11.8 Å². The highest BCUT2D eigenvalue weighted by Gasteiger charge is 2.08. The van der Waals surface area contributed by atoms with Crippen LogP contribution in [0.25, 0.3) is 0 Å². The van der Waals surface area contributed by atoms with Gasteiger partial charge in [-0.15, -0.1) is 11.8 Å². The molecule has 106 valence electrons. The number of benzene rings is 2. The monoisotopic (exact) mass is 389 g/mol. The van der Waals surface area contributed by atoms with Crippen molar-refractivity contribution in [3.8, 4) is 0 Å². The van der Waals surface area contributed by atoms with Gasteiger partial charge < -0.3 is 5.73 Å². The minimum absolute atomic E-state index is 0.0642. The smallest absolute Gasteiger partial charge is 0.0449 e. The van der Waals surface area contributed by atoms with Crippen LogP contribution in [0.5, 0.6) is 0 Å². The quantitative estimate of drug-likeness (QED) is 0.690. The number of thioether (sulfide) groups is 1. The lowest BCUT2D eigenvalue weighted by molar-refractivity contribution is 0.749. The van der Waals surface area contributed by atoms with Crippen LogP contribution in [0.15, 0.2) is 51.8 Å². The van der Waals surface area contributed by atoms with Crippen LogP contribution in [-0.2, 0) is 6.42 Å². The molecule has 0 spiro atoms. The van der Waals surface area contributed by atoms with E-state index in [-0.39, 0.29) is 6.04 Å². The van der Waals surface area contributed by atoms with E-state index in [9.17, 15) is 0 Å². The fourth-order valence-electron chi connectivity index (χ4n) is 1.76. The fraction of sp³-hybridized carbons (Fsp3) is 0.200. The molecule has 0 aliphatic carbocycles. The van der Waals surface area contributed by atoms with Gasteiger partial charge in [0.25, 0.3) is 0 Å². The highest BCUT2D eigenvalue weighted by atomic mass is 79.9. The SMILES string of the molecule is NC(CSc1ccc(Cl)cc1)Cc1ccc(Br)cc1Cl. The average Bonchev–Trinajstić information content (AvgIpc) is 2.41. The second-order valence-corrected chi connectivity index (χ2v) is 7.32. The van der Waals surface area contributed by atoms with E-state index >= 15 is 0 Å². The second kappa shape index (κ2) is 7.71. The van der Waals surface area contributed by atoms with Gasteiger partial charge in [0.05, 0.1) is 0 Å². The van der Waals surface area contributed by atoms with E-state index in [4.69, 9.17) is 28.9 Å². The van der Waals surface area contributed by atoms with Gasteiger partial charge in [0.1, 0.15) is 0 Å². The number of nitrogens with two attached hydrogens (primary N) is 1. The zero-order chi connectivity index (χ0) is 14.5. The Morgan fingerprint density at radius 1 is 1.10 bits per heavy atom. The van der Waals surface area contributed by atoms with Gasteiger partial charge in [0.2, 0.25) is 0 Å². The van der Waals surface area contributed by atoms with Crippen LogP contribution in [0.2, 0.25) is 10.0 Å². The van der Waals surface area contributed by atoms with Gasteiger partial charge >= 0.3 is 0 Å². The summed E-state index contributed by atoms with van der Waals surface area (Å²) in [5.41, 5.74) is 7.26. The lowest BCUT2D eigenvalue weighted by Gasteiger charge is -2.12. The lowest BCUT2D eigenvalue weighted by Crippen LogP contribution is -2.25. The minimum Gasteiger partial charge on any atom is -0.327 e. The Kier molecular flexibility index (Phi) is 6.24. The molecule has 0 radical (unpaired) electrons. The Morgan fingerprint density at radius 2 is 1.80 bits per heavy atom. The lowest BCUT2D eigenvalue weighted by atomic mass is 10.1. The molecule has 5 heteroatoms. The molecule has 0 aromatic heterocycles. The van der Waals surface area contributed by atoms with Gasteiger partial charge in [-0.2, -0.15) is 0 Å². The molecule has 2 rings (SSSR count). The average molecular weight is 391 g/mol. The molecule has 0 aliphatic rings. The number of halogens is 3. The van der Waals surface area contributed by atoms with Crippen molar-refractivity contribution >= 4 is 50.9 Å². The van der Waals surface area contributed by atoms with Crippen molar-refractivity contribution < 1.29 is 0 Å². The zero-order valence-electron chi connectivity index (χ0n) is 10.7. The largest absolute Gasteiger partial charge is 0.327 e. The Bertz CT molecular complexity index is 575. The van der Waals surface area contributed by atoms with E-state index in [1.807, 2.05) is 42.5 Å². The van der Waals surface area contributed by atoms with Gasteiger partial charge in [0.15, 0.2) is 0 Å². The molecule has 0 saturated carbocycles. The first-order chi connectivity index (χ1) is 9.54. The van der Waals surface area contributed by atoms with Gasteiger partial charge in [-0.25, -0.2) is 0 Å². The molecule has 0 heterocycles. The molecule has 0 fully saturated rings. The molecule has 0 aliphatic heterocycles. The fourth-order valence-corrected chi connectivity index (χ4v) is 3.49. The van der Waals surface area contributed by atoms with Crippen molar-refractivity contribution in [1.29, 1.82) is 0 Å². The Hall–Kier alpha value is -0.190. The maximum Gasteiger partial charge on any atom is 0.0449 e. The summed E-state index contributed by atoms with van der Waals surface area (Å²) in [5, 5.41) is 1.51. The standard InChI is InChI=1S/C15H14BrCl2NS/c16-11-2-1-10(15(18)8-11)7-13(19)9-20-14-5-3-12(17)4-6-14/h1-6,8,13H,7,9,19H2. The summed E-state index contributed by atoms with van der Waals surface area (Å²) in [4.78, 5) is 1.17. The van der Waals surface area contributed by atoms with E-state index in [1.165, 1.54) is 4.90 Å². The van der Waals surface area contributed by atoms with Crippen LogP contribution in [0.1, 0.15) is 5.56 Å². The third-order valence-corrected chi connectivity index (χ3v) is 5.07. The first-order valence-electron chi connectivity index (χ1n) is 6.12. The Balaban J connectivity index is 1.89. The summed E-state index contributed by atoms with van der Waals surface area (Å²) in [5.74, 6) is 0.841. The highest BCUT2D eigenvalue weighted by molar-refractivity contribution is 9.10. The third kappa shape index (κ3) is 4.97. The van der Waals surface area contributed by atoms with Crippen molar-refractivity contribution in [3.05, 3.63) is 62.5 Å². The highest BCUT2D eigenvalue weighted by Crippen LogP contribution is 2.24. The summed E-state index contributed by atoms with van der Waals surface area (Å²) in [6, 6.07) is 13.8. The van der Waals surface area contributed by atoms with Crippen molar-refractivity contribution in [3.63, 3.8) is 0 Å². The molecule has 20 heavy (non-hydrogen) atoms. The maximum atomic E-state index is 6.20. The number of rotatable bonds is 5. The predicted octanol–water partition coefficient (Wildman–Crippen LogP) is 5.42. The molecular formula is C15H14BrCl2NS. The van der Waals surface area contributed by atoms with Gasteiger partial charge in [-0.1, -0.05) is 45.2 Å². The van der Waals surface area contributed by atoms with Crippen LogP contribution in [0, 0.1) is 0 Å². The van der Waals surface area contributed by atoms with Crippen LogP contribution < -0.4 is 5.73 Å². The molecule has 1 atom stereocenters. The van der Waals surface area contributed by atoms with E-state index in [0.717, 1.165) is 32.3 Å². The molecule has 1 unspecified atom stereocenters. The Morgan fingerprint density at radius 3 is 2.45 bits per heavy atom. The normalized spacial score (nSPS) is 12.4. The maximum absolute atomic E-state index is 6.20. The minimum atomic E-state index is 0.0642. The molecule has 0 amide bonds. The summed E-state index contributed by atoms with van der Waals surface area (Å²) in [6.07, 6.45) is 0.771. The summed E-state index contributed by atoms with van der Waals surface area (Å²) in [6.45, 7) is 0. The molecule has 2 aromatic rings. The summed E-state index contributed by atoms with van der Waals surface area (Å²) in [7, 11) is 0. The van der Waals surface area contributed by atoms with Gasteiger partial charge in [-0.3, -0.25) is 0 Å². The van der Waals surface area contributed by atoms with Crippen molar-refractivity contribution in [2.75, 3.05) is 5.75 Å². The molecule has 0 saturated heterocycles. The molecule has 2 aromatic carbocycles. The Labute approximate surface area is 142 Å². The third-order valence-electron chi connectivity index (χ3n) is 2.77. The zero-order valence-corrected chi connectivity index (χ0v) is 14.6. The molecular weight excluding hydrogens is 377 g/mol. The summed E-state index contributed by atoms with van der Waals surface area (Å²) >= 11 is 17.2. The van der Waals surface area contributed by atoms with Gasteiger partial charge in [-0.05, 0) is 48.4 Å². The van der Waals surface area contributed by atoms with Gasteiger partial charge in [0, 0.05) is 31.2 Å². The number of hydrogen-bond donors (Lipinski definition) is 1. The predicted molar refractivity (Wildman–Crippen MR) is 93.0 cm³/mol. The molecule has 1 nitrogen and oxygen atoms in total. The van der Waals surface area contributed by atoms with E-state index in [1.54, 1.807) is 11.8 Å². The topological polar surface area (TPSA) is 26.0 Å². The second-order valence-electron chi connectivity index (χ2n) is 4.46. The first-order valence-corrected chi connectivity index (χ1v) is 8.66. The van der Waals surface area contributed by atoms with Crippen LogP contribution in [0.3, 0.4) is 0 Å². The van der Waals surface area contributed by atoms with Crippen LogP contribution >= 0.6 is 50.9 Å². The first kappa shape index (κ1) is 16.2.